The van der Waals surface area contributed by atoms with E-state index >= 15 is 0 Å². The van der Waals surface area contributed by atoms with Crippen LogP contribution in [0.3, 0.4) is 0 Å². The molecular formula is C20H23ClO3S. The maximum atomic E-state index is 12.2. The van der Waals surface area contributed by atoms with Crippen LogP contribution in [0.25, 0.3) is 0 Å². The fourth-order valence-corrected chi connectivity index (χ4v) is 4.70. The molecule has 2 aromatic rings. The van der Waals surface area contributed by atoms with Crippen LogP contribution in [0.15, 0.2) is 42.5 Å². The zero-order chi connectivity index (χ0) is 18.0. The van der Waals surface area contributed by atoms with Gasteiger partial charge < -0.3 is 4.74 Å². The topological polar surface area (TPSA) is 43.4 Å². The van der Waals surface area contributed by atoms with Crippen molar-refractivity contribution >= 4 is 21.4 Å². The number of hydrogen-bond acceptors (Lipinski definition) is 3. The standard InChI is InChI=1S/C20H23ClO3S/c1-14(2)25(22,23)13-17-9-8-16-11-15(7-10-18(16)17)12-24-20-6-4-3-5-19(20)21/h3-7,10-11,14,17H,8-9,12-13H2,1-2H3. The average molecular weight is 379 g/mol. The Balaban J connectivity index is 1.70. The van der Waals surface area contributed by atoms with Crippen molar-refractivity contribution in [1.82, 2.24) is 0 Å². The molecule has 0 saturated carbocycles. The van der Waals surface area contributed by atoms with E-state index in [-0.39, 0.29) is 16.9 Å². The molecule has 0 amide bonds. The summed E-state index contributed by atoms with van der Waals surface area (Å²) in [4.78, 5) is 0. The van der Waals surface area contributed by atoms with Crippen LogP contribution in [0.2, 0.25) is 5.02 Å². The van der Waals surface area contributed by atoms with Crippen LogP contribution in [-0.4, -0.2) is 19.4 Å². The van der Waals surface area contributed by atoms with Gasteiger partial charge in [-0.2, -0.15) is 0 Å². The fraction of sp³-hybridized carbons (Fsp3) is 0.400. The van der Waals surface area contributed by atoms with Crippen LogP contribution >= 0.6 is 11.6 Å². The second kappa shape index (κ2) is 7.38. The Kier molecular flexibility index (Phi) is 5.40. The summed E-state index contributed by atoms with van der Waals surface area (Å²) in [6, 6.07) is 13.6. The second-order valence-electron chi connectivity index (χ2n) is 6.87. The Morgan fingerprint density at radius 1 is 1.20 bits per heavy atom. The van der Waals surface area contributed by atoms with E-state index in [0.29, 0.717) is 17.4 Å². The molecule has 0 bridgehead atoms. The van der Waals surface area contributed by atoms with Crippen LogP contribution in [0, 0.1) is 0 Å². The van der Waals surface area contributed by atoms with Crippen LogP contribution in [0.5, 0.6) is 5.75 Å². The van der Waals surface area contributed by atoms with Gasteiger partial charge in [-0.1, -0.05) is 41.9 Å². The molecule has 0 saturated heterocycles. The zero-order valence-electron chi connectivity index (χ0n) is 14.5. The monoisotopic (exact) mass is 378 g/mol. The van der Waals surface area contributed by atoms with Crippen LogP contribution < -0.4 is 4.74 Å². The van der Waals surface area contributed by atoms with Crippen LogP contribution in [0.1, 0.15) is 42.9 Å². The molecule has 0 aromatic heterocycles. The Morgan fingerprint density at radius 3 is 2.68 bits per heavy atom. The van der Waals surface area contributed by atoms with Crippen molar-refractivity contribution in [1.29, 1.82) is 0 Å². The van der Waals surface area contributed by atoms with Gasteiger partial charge in [0.1, 0.15) is 12.4 Å². The first kappa shape index (κ1) is 18.3. The highest BCUT2D eigenvalue weighted by Gasteiger charge is 2.29. The van der Waals surface area contributed by atoms with E-state index < -0.39 is 9.84 Å². The normalized spacial score (nSPS) is 16.9. The van der Waals surface area contributed by atoms with Gasteiger partial charge in [0.25, 0.3) is 0 Å². The minimum atomic E-state index is -3.02. The summed E-state index contributed by atoms with van der Waals surface area (Å²) in [5.41, 5.74) is 3.49. The molecule has 1 atom stereocenters. The van der Waals surface area contributed by atoms with E-state index in [4.69, 9.17) is 16.3 Å². The quantitative estimate of drug-likeness (QED) is 0.727. The van der Waals surface area contributed by atoms with Crippen molar-refractivity contribution in [2.45, 2.75) is 44.5 Å². The predicted molar refractivity (Wildman–Crippen MR) is 102 cm³/mol. The summed E-state index contributed by atoms with van der Waals surface area (Å²) in [5, 5.41) is 0.280. The highest BCUT2D eigenvalue weighted by molar-refractivity contribution is 7.92. The van der Waals surface area contributed by atoms with Gasteiger partial charge in [-0.3, -0.25) is 0 Å². The lowest BCUT2D eigenvalue weighted by atomic mass is 10.0. The molecular weight excluding hydrogens is 356 g/mol. The number of benzene rings is 2. The molecule has 5 heteroatoms. The summed E-state index contributed by atoms with van der Waals surface area (Å²) < 4.78 is 30.2. The molecule has 3 rings (SSSR count). The maximum absolute atomic E-state index is 12.2. The van der Waals surface area contributed by atoms with Gasteiger partial charge in [0, 0.05) is 0 Å². The largest absolute Gasteiger partial charge is 0.487 e. The summed E-state index contributed by atoms with van der Waals surface area (Å²) >= 11 is 6.11. The van der Waals surface area contributed by atoms with Crippen molar-refractivity contribution < 1.29 is 13.2 Å². The summed E-state index contributed by atoms with van der Waals surface area (Å²) in [7, 11) is -3.02. The fourth-order valence-electron chi connectivity index (χ4n) is 3.22. The third-order valence-corrected chi connectivity index (χ3v) is 7.41. The number of halogens is 1. The van der Waals surface area contributed by atoms with Gasteiger partial charge in [-0.15, -0.1) is 0 Å². The average Bonchev–Trinajstić information content (AvgIpc) is 2.95. The number of hydrogen-bond donors (Lipinski definition) is 0. The van der Waals surface area contributed by atoms with Crippen molar-refractivity contribution in [3.05, 3.63) is 64.2 Å². The molecule has 0 fully saturated rings. The molecule has 0 heterocycles. The van der Waals surface area contributed by atoms with E-state index in [1.54, 1.807) is 19.9 Å². The van der Waals surface area contributed by atoms with E-state index in [0.717, 1.165) is 18.4 Å². The number of sulfone groups is 1. The number of aryl methyl sites for hydroxylation is 1. The molecule has 134 valence electrons. The minimum Gasteiger partial charge on any atom is -0.487 e. The predicted octanol–water partition coefficient (Wildman–Crippen LogP) is 4.77. The third kappa shape index (κ3) is 4.18. The molecule has 1 unspecified atom stereocenters. The lowest BCUT2D eigenvalue weighted by Gasteiger charge is -2.15. The molecule has 0 radical (unpaired) electrons. The highest BCUT2D eigenvalue weighted by atomic mass is 35.5. The van der Waals surface area contributed by atoms with E-state index in [2.05, 4.69) is 12.1 Å². The van der Waals surface area contributed by atoms with Gasteiger partial charge in [-0.05, 0) is 61.4 Å². The summed E-state index contributed by atoms with van der Waals surface area (Å²) in [6.45, 7) is 3.95. The van der Waals surface area contributed by atoms with Crippen molar-refractivity contribution in [2.75, 3.05) is 5.75 Å². The molecule has 1 aliphatic rings. The Bertz CT molecular complexity index is 859. The lowest BCUT2D eigenvalue weighted by Crippen LogP contribution is -2.21. The van der Waals surface area contributed by atoms with E-state index in [9.17, 15) is 8.42 Å². The smallest absolute Gasteiger partial charge is 0.153 e. The molecule has 1 aliphatic carbocycles. The Labute approximate surface area is 154 Å². The van der Waals surface area contributed by atoms with Crippen molar-refractivity contribution in [2.24, 2.45) is 0 Å². The molecule has 0 aliphatic heterocycles. The number of rotatable bonds is 6. The number of fused-ring (bicyclic) bond motifs is 1. The number of ether oxygens (including phenoxy) is 1. The number of para-hydroxylation sites is 1. The van der Waals surface area contributed by atoms with E-state index in [1.165, 1.54) is 11.1 Å². The van der Waals surface area contributed by atoms with Gasteiger partial charge in [0.05, 0.1) is 16.0 Å². The molecule has 0 N–H and O–H groups in total. The van der Waals surface area contributed by atoms with Crippen LogP contribution in [-0.2, 0) is 22.9 Å². The first-order valence-corrected chi connectivity index (χ1v) is 10.7. The van der Waals surface area contributed by atoms with E-state index in [1.807, 2.05) is 24.3 Å². The highest BCUT2D eigenvalue weighted by Crippen LogP contribution is 2.35. The summed E-state index contributed by atoms with van der Waals surface area (Å²) in [6.07, 6.45) is 1.82. The van der Waals surface area contributed by atoms with Gasteiger partial charge in [0.15, 0.2) is 9.84 Å². The summed E-state index contributed by atoms with van der Waals surface area (Å²) in [5.74, 6) is 1.03. The van der Waals surface area contributed by atoms with Crippen molar-refractivity contribution in [3.8, 4) is 5.75 Å². The molecule has 2 aromatic carbocycles. The zero-order valence-corrected chi connectivity index (χ0v) is 16.1. The first-order chi connectivity index (χ1) is 11.9. The Morgan fingerprint density at radius 2 is 1.96 bits per heavy atom. The Hall–Kier alpha value is -1.52. The lowest BCUT2D eigenvalue weighted by molar-refractivity contribution is 0.306. The molecule has 0 spiro atoms. The minimum absolute atomic E-state index is 0.112. The van der Waals surface area contributed by atoms with Gasteiger partial charge in [0.2, 0.25) is 0 Å². The first-order valence-electron chi connectivity index (χ1n) is 8.57. The van der Waals surface area contributed by atoms with Gasteiger partial charge in [-0.25, -0.2) is 8.42 Å². The third-order valence-electron chi connectivity index (χ3n) is 4.79. The molecule has 3 nitrogen and oxygen atoms in total. The molecule has 25 heavy (non-hydrogen) atoms. The van der Waals surface area contributed by atoms with Gasteiger partial charge >= 0.3 is 0 Å². The SMILES string of the molecule is CC(C)S(=O)(=O)CC1CCc2cc(COc3ccccc3Cl)ccc21. The van der Waals surface area contributed by atoms with Crippen molar-refractivity contribution in [3.63, 3.8) is 0 Å². The second-order valence-corrected chi connectivity index (χ2v) is 9.88. The van der Waals surface area contributed by atoms with Crippen LogP contribution in [0.4, 0.5) is 0 Å². The maximum Gasteiger partial charge on any atom is 0.153 e.